The summed E-state index contributed by atoms with van der Waals surface area (Å²) >= 11 is 0. The fraction of sp³-hybridized carbons (Fsp3) is 0.765. The monoisotopic (exact) mass is 381 g/mol. The second-order valence-corrected chi connectivity index (χ2v) is 9.99. The van der Waals surface area contributed by atoms with Crippen molar-refractivity contribution in [3.8, 4) is 0 Å². The molecule has 2 fully saturated rings. The van der Waals surface area contributed by atoms with Crippen LogP contribution in [0.1, 0.15) is 36.9 Å². The summed E-state index contributed by atoms with van der Waals surface area (Å²) in [5.41, 5.74) is 2.24. The Balaban J connectivity index is 1.23. The number of H-pyrrole nitrogens is 1. The molecule has 0 saturated carbocycles. The van der Waals surface area contributed by atoms with Gasteiger partial charge in [0, 0.05) is 49.4 Å². The van der Waals surface area contributed by atoms with Gasteiger partial charge in [-0.05, 0) is 25.7 Å². The van der Waals surface area contributed by atoms with E-state index in [-0.39, 0.29) is 12.1 Å². The lowest BCUT2D eigenvalue weighted by atomic mass is 10.0. The van der Waals surface area contributed by atoms with Gasteiger partial charge in [0.15, 0.2) is 0 Å². The van der Waals surface area contributed by atoms with Crippen LogP contribution in [-0.2, 0) is 22.8 Å². The zero-order valence-corrected chi connectivity index (χ0v) is 15.8. The Labute approximate surface area is 154 Å². The summed E-state index contributed by atoms with van der Waals surface area (Å²) in [6.45, 7) is 3.20. The van der Waals surface area contributed by atoms with Crippen LogP contribution in [-0.4, -0.2) is 77.7 Å². The molecule has 4 heterocycles. The number of nitrogens with zero attached hydrogens (tertiary/aromatic N) is 3. The van der Waals surface area contributed by atoms with Crippen LogP contribution in [0.15, 0.2) is 6.20 Å². The van der Waals surface area contributed by atoms with Crippen LogP contribution in [0.5, 0.6) is 0 Å². The minimum atomic E-state index is -2.81. The number of fused-ring (bicyclic) bond motifs is 1. The average Bonchev–Trinajstić information content (AvgIpc) is 3.10. The highest BCUT2D eigenvalue weighted by molar-refractivity contribution is 7.91. The average molecular weight is 382 g/mol. The molecule has 0 unspecified atom stereocenters. The van der Waals surface area contributed by atoms with Gasteiger partial charge >= 0.3 is 6.03 Å². The van der Waals surface area contributed by atoms with Crippen LogP contribution in [0.2, 0.25) is 0 Å². The molecule has 1 aromatic heterocycles. The van der Waals surface area contributed by atoms with Crippen LogP contribution in [0.4, 0.5) is 4.79 Å². The first-order chi connectivity index (χ1) is 12.5. The first-order valence-electron chi connectivity index (χ1n) is 9.51. The summed E-state index contributed by atoms with van der Waals surface area (Å²) in [4.78, 5) is 16.8. The normalized spacial score (nSPS) is 25.0. The Hall–Kier alpha value is -1.61. The van der Waals surface area contributed by atoms with Gasteiger partial charge in [0.05, 0.1) is 24.2 Å². The van der Waals surface area contributed by atoms with E-state index in [0.29, 0.717) is 24.1 Å². The van der Waals surface area contributed by atoms with Gasteiger partial charge in [0.2, 0.25) is 0 Å². The van der Waals surface area contributed by atoms with Crippen LogP contribution in [0.3, 0.4) is 0 Å². The van der Waals surface area contributed by atoms with Crippen molar-refractivity contribution in [2.45, 2.75) is 50.7 Å². The van der Waals surface area contributed by atoms with Crippen molar-refractivity contribution in [3.63, 3.8) is 0 Å². The van der Waals surface area contributed by atoms with E-state index in [1.807, 2.05) is 4.90 Å². The molecule has 144 valence electrons. The number of aromatic nitrogens is 2. The van der Waals surface area contributed by atoms with E-state index in [2.05, 4.69) is 20.4 Å². The zero-order valence-electron chi connectivity index (χ0n) is 15.0. The molecule has 0 bridgehead atoms. The lowest BCUT2D eigenvalue weighted by Gasteiger charge is -2.39. The van der Waals surface area contributed by atoms with Crippen LogP contribution < -0.4 is 5.32 Å². The summed E-state index contributed by atoms with van der Waals surface area (Å²) in [6, 6.07) is 0.604. The molecule has 2 saturated heterocycles. The zero-order chi connectivity index (χ0) is 18.1. The van der Waals surface area contributed by atoms with E-state index in [9.17, 15) is 13.2 Å². The van der Waals surface area contributed by atoms with E-state index >= 15 is 0 Å². The molecule has 4 rings (SSSR count). The predicted molar refractivity (Wildman–Crippen MR) is 97.5 cm³/mol. The molecule has 0 radical (unpaired) electrons. The smallest absolute Gasteiger partial charge is 0.317 e. The molecule has 2 N–H and O–H groups in total. The van der Waals surface area contributed by atoms with E-state index in [4.69, 9.17) is 0 Å². The summed E-state index contributed by atoms with van der Waals surface area (Å²) in [5.74, 6) is 0.637. The largest absolute Gasteiger partial charge is 0.335 e. The number of aromatic amines is 1. The van der Waals surface area contributed by atoms with Gasteiger partial charge in [-0.15, -0.1) is 0 Å². The number of hydrogen-bond donors (Lipinski definition) is 2. The van der Waals surface area contributed by atoms with Crippen molar-refractivity contribution in [2.75, 3.05) is 31.1 Å². The molecule has 0 aromatic carbocycles. The predicted octanol–water partition coefficient (Wildman–Crippen LogP) is 0.519. The number of piperidine rings is 1. The molecule has 26 heavy (non-hydrogen) atoms. The van der Waals surface area contributed by atoms with Gasteiger partial charge < -0.3 is 15.1 Å². The SMILES string of the molecule is O=C(NC1CCN(C2CCS(=O)(=O)CC2)CC1)N1CCc2[nH]ncc2C1. The van der Waals surface area contributed by atoms with E-state index < -0.39 is 9.84 Å². The molecular formula is C17H27N5O3S. The minimum absolute atomic E-state index is 0.0130. The summed E-state index contributed by atoms with van der Waals surface area (Å²) in [6.07, 6.45) is 5.99. The van der Waals surface area contributed by atoms with Gasteiger partial charge in [-0.1, -0.05) is 0 Å². The number of urea groups is 1. The maximum Gasteiger partial charge on any atom is 0.317 e. The molecule has 0 atom stereocenters. The van der Waals surface area contributed by atoms with Crippen molar-refractivity contribution in [1.82, 2.24) is 25.3 Å². The van der Waals surface area contributed by atoms with Crippen LogP contribution in [0, 0.1) is 0 Å². The Kier molecular flexibility index (Phi) is 4.92. The third-order valence-electron chi connectivity index (χ3n) is 5.99. The fourth-order valence-electron chi connectivity index (χ4n) is 4.31. The molecule has 0 aliphatic carbocycles. The molecule has 9 heteroatoms. The van der Waals surface area contributed by atoms with Gasteiger partial charge in [-0.25, -0.2) is 13.2 Å². The maximum atomic E-state index is 12.6. The topological polar surface area (TPSA) is 98.4 Å². The Morgan fingerprint density at radius 1 is 1.15 bits per heavy atom. The van der Waals surface area contributed by atoms with Gasteiger partial charge in [-0.2, -0.15) is 5.10 Å². The van der Waals surface area contributed by atoms with Crippen molar-refractivity contribution >= 4 is 15.9 Å². The highest BCUT2D eigenvalue weighted by Gasteiger charge is 2.31. The fourth-order valence-corrected chi connectivity index (χ4v) is 5.78. The number of rotatable bonds is 2. The van der Waals surface area contributed by atoms with E-state index in [1.165, 1.54) is 0 Å². The summed E-state index contributed by atoms with van der Waals surface area (Å²) in [5, 5.41) is 10.2. The third-order valence-corrected chi connectivity index (χ3v) is 7.70. The first-order valence-corrected chi connectivity index (χ1v) is 11.3. The quantitative estimate of drug-likeness (QED) is 0.778. The Bertz CT molecular complexity index is 740. The number of hydrogen-bond acceptors (Lipinski definition) is 5. The number of likely N-dealkylation sites (tertiary alicyclic amines) is 1. The second kappa shape index (κ2) is 7.19. The van der Waals surface area contributed by atoms with E-state index in [0.717, 1.165) is 63.0 Å². The van der Waals surface area contributed by atoms with Gasteiger partial charge in [0.25, 0.3) is 0 Å². The van der Waals surface area contributed by atoms with Gasteiger partial charge in [0.1, 0.15) is 9.84 Å². The lowest BCUT2D eigenvalue weighted by molar-refractivity contribution is 0.130. The second-order valence-electron chi connectivity index (χ2n) is 7.69. The molecule has 3 aliphatic rings. The standard InChI is InChI=1S/C17H27N5O3S/c23-17(22-8-3-16-13(12-22)11-18-20-16)19-14-1-6-21(7-2-14)15-4-9-26(24,25)10-5-15/h11,14-15H,1-10,12H2,(H,18,20)(H,19,23). The van der Waals surface area contributed by atoms with Crippen LogP contribution >= 0.6 is 0 Å². The summed E-state index contributed by atoms with van der Waals surface area (Å²) < 4.78 is 23.2. The summed E-state index contributed by atoms with van der Waals surface area (Å²) in [7, 11) is -2.81. The number of carbonyl (C=O) groups excluding carboxylic acids is 1. The molecule has 1 aromatic rings. The minimum Gasteiger partial charge on any atom is -0.335 e. The van der Waals surface area contributed by atoms with Crippen LogP contribution in [0.25, 0.3) is 0 Å². The third kappa shape index (κ3) is 3.88. The van der Waals surface area contributed by atoms with Crippen molar-refractivity contribution in [3.05, 3.63) is 17.5 Å². The molecule has 2 amide bonds. The molecule has 8 nitrogen and oxygen atoms in total. The Morgan fingerprint density at radius 3 is 2.62 bits per heavy atom. The first kappa shape index (κ1) is 17.8. The highest BCUT2D eigenvalue weighted by atomic mass is 32.2. The number of carbonyl (C=O) groups is 1. The molecular weight excluding hydrogens is 354 g/mol. The lowest BCUT2D eigenvalue weighted by Crippen LogP contribution is -2.52. The van der Waals surface area contributed by atoms with Crippen molar-refractivity contribution in [2.24, 2.45) is 0 Å². The molecule has 3 aliphatic heterocycles. The van der Waals surface area contributed by atoms with Crippen molar-refractivity contribution in [1.29, 1.82) is 0 Å². The van der Waals surface area contributed by atoms with Crippen molar-refractivity contribution < 1.29 is 13.2 Å². The Morgan fingerprint density at radius 2 is 1.88 bits per heavy atom. The number of nitrogens with one attached hydrogen (secondary N) is 2. The maximum absolute atomic E-state index is 12.6. The number of sulfone groups is 1. The highest BCUT2D eigenvalue weighted by Crippen LogP contribution is 2.22. The number of amides is 2. The van der Waals surface area contributed by atoms with Gasteiger partial charge in [-0.3, -0.25) is 5.10 Å². The molecule has 0 spiro atoms. The van der Waals surface area contributed by atoms with E-state index in [1.54, 1.807) is 6.20 Å².